The normalized spacial score (nSPS) is 10.7. The van der Waals surface area contributed by atoms with E-state index in [1.165, 1.54) is 16.9 Å². The number of nitrogens with zero attached hydrogens (tertiary/aromatic N) is 2. The first-order valence-corrected chi connectivity index (χ1v) is 8.82. The van der Waals surface area contributed by atoms with Crippen molar-refractivity contribution in [2.45, 2.75) is 26.9 Å². The molecular formula is C19H19N3O2S. The van der Waals surface area contributed by atoms with Crippen molar-refractivity contribution < 1.29 is 9.53 Å². The molecule has 0 bridgehead atoms. The Balaban J connectivity index is 1.77. The Morgan fingerprint density at radius 3 is 2.52 bits per heavy atom. The third-order valence-corrected chi connectivity index (χ3v) is 4.33. The maximum atomic E-state index is 12.6. The molecule has 3 aromatic rings. The van der Waals surface area contributed by atoms with Gasteiger partial charge < -0.3 is 4.74 Å². The second kappa shape index (κ2) is 7.44. The average molecular weight is 353 g/mol. The fourth-order valence-corrected chi connectivity index (χ4v) is 3.01. The molecule has 5 nitrogen and oxygen atoms in total. The predicted octanol–water partition coefficient (Wildman–Crippen LogP) is 4.55. The molecule has 0 saturated heterocycles. The summed E-state index contributed by atoms with van der Waals surface area (Å²) in [5, 5.41) is 12.2. The topological polar surface area (TPSA) is 64.1 Å². The van der Waals surface area contributed by atoms with Gasteiger partial charge in [-0.05, 0) is 32.9 Å². The van der Waals surface area contributed by atoms with Crippen LogP contribution in [-0.4, -0.2) is 22.2 Å². The Hall–Kier alpha value is -2.73. The van der Waals surface area contributed by atoms with Crippen LogP contribution in [-0.2, 0) is 0 Å². The fraction of sp³-hybridized carbons (Fsp3) is 0.211. The van der Waals surface area contributed by atoms with Crippen molar-refractivity contribution in [3.63, 3.8) is 0 Å². The lowest BCUT2D eigenvalue weighted by Gasteiger charge is -2.13. The van der Waals surface area contributed by atoms with Crippen LogP contribution in [0.4, 0.5) is 5.13 Å². The lowest BCUT2D eigenvalue weighted by atomic mass is 10.2. The van der Waals surface area contributed by atoms with Crippen molar-refractivity contribution in [3.05, 3.63) is 59.7 Å². The number of aryl methyl sites for hydroxylation is 1. The number of anilines is 1. The van der Waals surface area contributed by atoms with E-state index in [0.717, 1.165) is 10.6 Å². The molecule has 1 N–H and O–H groups in total. The van der Waals surface area contributed by atoms with Crippen molar-refractivity contribution in [2.75, 3.05) is 5.32 Å². The van der Waals surface area contributed by atoms with Crippen molar-refractivity contribution in [3.8, 4) is 16.3 Å². The van der Waals surface area contributed by atoms with Crippen LogP contribution >= 0.6 is 11.3 Å². The van der Waals surface area contributed by atoms with Gasteiger partial charge in [0.25, 0.3) is 5.91 Å². The number of hydrogen-bond donors (Lipinski definition) is 1. The molecule has 1 amide bonds. The Labute approximate surface area is 150 Å². The maximum absolute atomic E-state index is 12.6. The zero-order valence-electron chi connectivity index (χ0n) is 14.3. The van der Waals surface area contributed by atoms with Crippen LogP contribution < -0.4 is 10.1 Å². The number of rotatable bonds is 5. The van der Waals surface area contributed by atoms with E-state index in [1.807, 2.05) is 51.1 Å². The molecule has 0 unspecified atom stereocenters. The van der Waals surface area contributed by atoms with Crippen LogP contribution in [0.1, 0.15) is 29.8 Å². The number of carbonyl (C=O) groups excluding carboxylic acids is 1. The summed E-state index contributed by atoms with van der Waals surface area (Å²) in [7, 11) is 0. The third kappa shape index (κ3) is 4.22. The number of benzene rings is 2. The van der Waals surface area contributed by atoms with Gasteiger partial charge in [-0.25, -0.2) is 0 Å². The number of carbonyl (C=O) groups is 1. The number of nitrogens with one attached hydrogen (secondary N) is 1. The summed E-state index contributed by atoms with van der Waals surface area (Å²) in [5.74, 6) is 0.293. The molecule has 0 aliphatic carbocycles. The molecule has 0 atom stereocenters. The van der Waals surface area contributed by atoms with E-state index < -0.39 is 0 Å². The van der Waals surface area contributed by atoms with Gasteiger partial charge in [-0.2, -0.15) is 0 Å². The van der Waals surface area contributed by atoms with Crippen LogP contribution in [0, 0.1) is 6.92 Å². The summed E-state index contributed by atoms with van der Waals surface area (Å²) in [6, 6.07) is 15.2. The van der Waals surface area contributed by atoms with Gasteiger partial charge >= 0.3 is 0 Å². The van der Waals surface area contributed by atoms with Gasteiger partial charge in [0.15, 0.2) is 0 Å². The van der Waals surface area contributed by atoms with Crippen LogP contribution in [0.3, 0.4) is 0 Å². The lowest BCUT2D eigenvalue weighted by molar-refractivity contribution is 0.102. The first-order valence-electron chi connectivity index (χ1n) is 8.00. The van der Waals surface area contributed by atoms with Gasteiger partial charge in [0.05, 0.1) is 11.7 Å². The Bertz CT molecular complexity index is 872. The van der Waals surface area contributed by atoms with Crippen LogP contribution in [0.2, 0.25) is 0 Å². The molecule has 6 heteroatoms. The molecule has 25 heavy (non-hydrogen) atoms. The summed E-state index contributed by atoms with van der Waals surface area (Å²) in [4.78, 5) is 12.6. The monoisotopic (exact) mass is 353 g/mol. The molecule has 0 aliphatic heterocycles. The highest BCUT2D eigenvalue weighted by Crippen LogP contribution is 2.27. The summed E-state index contributed by atoms with van der Waals surface area (Å²) in [6.45, 7) is 5.88. The fourth-order valence-electron chi connectivity index (χ4n) is 2.26. The number of ether oxygens (including phenoxy) is 1. The maximum Gasteiger partial charge on any atom is 0.261 e. The molecule has 0 aliphatic rings. The van der Waals surface area contributed by atoms with E-state index in [-0.39, 0.29) is 12.0 Å². The second-order valence-corrected chi connectivity index (χ2v) is 6.87. The van der Waals surface area contributed by atoms with Crippen molar-refractivity contribution >= 4 is 22.4 Å². The molecule has 0 spiro atoms. The highest BCUT2D eigenvalue weighted by molar-refractivity contribution is 7.18. The predicted molar refractivity (Wildman–Crippen MR) is 100 cm³/mol. The van der Waals surface area contributed by atoms with Crippen LogP contribution in [0.25, 0.3) is 10.6 Å². The minimum absolute atomic E-state index is 0.0105. The van der Waals surface area contributed by atoms with E-state index in [4.69, 9.17) is 4.74 Å². The van der Waals surface area contributed by atoms with Gasteiger partial charge in [-0.3, -0.25) is 10.1 Å². The quantitative estimate of drug-likeness (QED) is 0.731. The minimum Gasteiger partial charge on any atom is -0.490 e. The molecule has 0 radical (unpaired) electrons. The number of para-hydroxylation sites is 1. The van der Waals surface area contributed by atoms with Crippen molar-refractivity contribution in [1.29, 1.82) is 0 Å². The van der Waals surface area contributed by atoms with Gasteiger partial charge in [0, 0.05) is 5.56 Å². The second-order valence-electron chi connectivity index (χ2n) is 5.90. The van der Waals surface area contributed by atoms with Crippen molar-refractivity contribution in [2.24, 2.45) is 0 Å². The SMILES string of the molecule is Cc1ccc(-c2nnc(NC(=O)c3ccccc3OC(C)C)s2)cc1. The molecule has 2 aromatic carbocycles. The minimum atomic E-state index is -0.261. The zero-order chi connectivity index (χ0) is 17.8. The van der Waals surface area contributed by atoms with E-state index in [1.54, 1.807) is 18.2 Å². The first-order chi connectivity index (χ1) is 12.0. The molecule has 3 rings (SSSR count). The van der Waals surface area contributed by atoms with Crippen LogP contribution in [0.15, 0.2) is 48.5 Å². The Morgan fingerprint density at radius 2 is 1.80 bits per heavy atom. The number of hydrogen-bond acceptors (Lipinski definition) is 5. The Morgan fingerprint density at radius 1 is 1.08 bits per heavy atom. The lowest BCUT2D eigenvalue weighted by Crippen LogP contribution is -2.15. The van der Waals surface area contributed by atoms with Gasteiger partial charge in [-0.15, -0.1) is 10.2 Å². The third-order valence-electron chi connectivity index (χ3n) is 3.44. The first kappa shape index (κ1) is 17.1. The molecule has 0 fully saturated rings. The van der Waals surface area contributed by atoms with E-state index in [2.05, 4.69) is 15.5 Å². The summed E-state index contributed by atoms with van der Waals surface area (Å²) in [5.41, 5.74) is 2.64. The molecular weight excluding hydrogens is 334 g/mol. The molecule has 1 heterocycles. The molecule has 128 valence electrons. The number of amides is 1. The highest BCUT2D eigenvalue weighted by Gasteiger charge is 2.15. The summed E-state index contributed by atoms with van der Waals surface area (Å²) >= 11 is 1.34. The summed E-state index contributed by atoms with van der Waals surface area (Å²) < 4.78 is 5.70. The largest absolute Gasteiger partial charge is 0.490 e. The molecule has 0 saturated carbocycles. The van der Waals surface area contributed by atoms with E-state index >= 15 is 0 Å². The van der Waals surface area contributed by atoms with E-state index in [0.29, 0.717) is 16.4 Å². The zero-order valence-corrected chi connectivity index (χ0v) is 15.1. The van der Waals surface area contributed by atoms with Gasteiger partial charge in [0.1, 0.15) is 10.8 Å². The van der Waals surface area contributed by atoms with Gasteiger partial charge in [0.2, 0.25) is 5.13 Å². The highest BCUT2D eigenvalue weighted by atomic mass is 32.1. The average Bonchev–Trinajstić information content (AvgIpc) is 3.04. The Kier molecular flexibility index (Phi) is 5.09. The van der Waals surface area contributed by atoms with E-state index in [9.17, 15) is 4.79 Å². The van der Waals surface area contributed by atoms with Crippen LogP contribution in [0.5, 0.6) is 5.75 Å². The summed E-state index contributed by atoms with van der Waals surface area (Å²) in [6.07, 6.45) is -0.0105. The van der Waals surface area contributed by atoms with Gasteiger partial charge in [-0.1, -0.05) is 53.3 Å². The van der Waals surface area contributed by atoms with Crippen molar-refractivity contribution in [1.82, 2.24) is 10.2 Å². The number of aromatic nitrogens is 2. The standard InChI is InChI=1S/C19H19N3O2S/c1-12(2)24-16-7-5-4-6-15(16)17(23)20-19-22-21-18(25-19)14-10-8-13(3)9-11-14/h4-12H,1-3H3,(H,20,22,23). The molecule has 1 aromatic heterocycles. The smallest absolute Gasteiger partial charge is 0.261 e.